The van der Waals surface area contributed by atoms with Crippen molar-refractivity contribution in [3.63, 3.8) is 0 Å². The molecule has 0 radical (unpaired) electrons. The lowest BCUT2D eigenvalue weighted by atomic mass is 10.2. The van der Waals surface area contributed by atoms with Crippen LogP contribution < -0.4 is 5.32 Å². The molecule has 0 saturated carbocycles. The molecule has 2 N–H and O–H groups in total. The zero-order chi connectivity index (χ0) is 17.0. The summed E-state index contributed by atoms with van der Waals surface area (Å²) in [6, 6.07) is 5.41. The maximum Gasteiger partial charge on any atom is 0.410 e. The molecule has 6 heteroatoms. The fourth-order valence-corrected chi connectivity index (χ4v) is 2.88. The van der Waals surface area contributed by atoms with Crippen LogP contribution in [0, 0.1) is 0 Å². The predicted octanol–water partition coefficient (Wildman–Crippen LogP) is 3.53. The zero-order valence-electron chi connectivity index (χ0n) is 13.9. The Labute approximate surface area is 142 Å². The molecular formula is C17H25ClN2O3. The van der Waals surface area contributed by atoms with E-state index in [9.17, 15) is 9.90 Å². The molecular weight excluding hydrogens is 316 g/mol. The summed E-state index contributed by atoms with van der Waals surface area (Å²) < 4.78 is 5.45. The monoisotopic (exact) mass is 340 g/mol. The smallest absolute Gasteiger partial charge is 0.410 e. The number of para-hydroxylation sites is 1. The number of ether oxygens (including phenoxy) is 1. The van der Waals surface area contributed by atoms with Gasteiger partial charge in [-0.15, -0.1) is 0 Å². The molecule has 2 rings (SSSR count). The van der Waals surface area contributed by atoms with Gasteiger partial charge in [-0.25, -0.2) is 4.79 Å². The van der Waals surface area contributed by atoms with E-state index in [1.165, 1.54) is 0 Å². The highest BCUT2D eigenvalue weighted by molar-refractivity contribution is 6.32. The molecule has 128 valence electrons. The Hall–Kier alpha value is -1.46. The second-order valence-corrected chi connectivity index (χ2v) is 7.26. The fraction of sp³-hybridized carbons (Fsp3) is 0.588. The summed E-state index contributed by atoms with van der Waals surface area (Å²) in [6.07, 6.45) is 1.68. The van der Waals surface area contributed by atoms with Crippen molar-refractivity contribution < 1.29 is 14.6 Å². The molecule has 1 aromatic rings. The maximum atomic E-state index is 12.2. The van der Waals surface area contributed by atoms with Crippen LogP contribution in [0.15, 0.2) is 18.2 Å². The number of nitrogens with zero attached hydrogens (tertiary/aromatic N) is 1. The van der Waals surface area contributed by atoms with Gasteiger partial charge in [0.2, 0.25) is 0 Å². The van der Waals surface area contributed by atoms with Crippen LogP contribution in [0.4, 0.5) is 4.79 Å². The molecule has 1 aliphatic rings. The minimum absolute atomic E-state index is 0.108. The number of aromatic hydroxyl groups is 1. The van der Waals surface area contributed by atoms with Crippen LogP contribution in [0.5, 0.6) is 5.75 Å². The van der Waals surface area contributed by atoms with Crippen LogP contribution in [0.2, 0.25) is 5.02 Å². The molecule has 0 aromatic heterocycles. The van der Waals surface area contributed by atoms with Crippen LogP contribution >= 0.6 is 11.6 Å². The van der Waals surface area contributed by atoms with E-state index in [1.54, 1.807) is 11.0 Å². The highest BCUT2D eigenvalue weighted by atomic mass is 35.5. The Balaban J connectivity index is 1.87. The first-order valence-corrected chi connectivity index (χ1v) is 8.32. The van der Waals surface area contributed by atoms with E-state index in [0.29, 0.717) is 18.1 Å². The van der Waals surface area contributed by atoms with Crippen LogP contribution in [-0.2, 0) is 11.3 Å². The van der Waals surface area contributed by atoms with Gasteiger partial charge in [-0.05, 0) is 39.7 Å². The third kappa shape index (κ3) is 5.01. The SMILES string of the molecule is CC(C)(C)OC(=O)N1CCCC1CNCc1cccc(Cl)c1O. The summed E-state index contributed by atoms with van der Waals surface area (Å²) in [4.78, 5) is 14.0. The molecule has 0 aliphatic carbocycles. The van der Waals surface area contributed by atoms with Gasteiger partial charge >= 0.3 is 6.09 Å². The van der Waals surface area contributed by atoms with Crippen molar-refractivity contribution in [3.8, 4) is 5.75 Å². The summed E-state index contributed by atoms with van der Waals surface area (Å²) in [5, 5.41) is 13.5. The van der Waals surface area contributed by atoms with Crippen molar-refractivity contribution in [2.24, 2.45) is 0 Å². The van der Waals surface area contributed by atoms with E-state index in [2.05, 4.69) is 5.32 Å². The number of carbonyl (C=O) groups is 1. The highest BCUT2D eigenvalue weighted by Gasteiger charge is 2.31. The summed E-state index contributed by atoms with van der Waals surface area (Å²) in [6.45, 7) is 7.50. The molecule has 1 aliphatic heterocycles. The van der Waals surface area contributed by atoms with E-state index in [0.717, 1.165) is 24.9 Å². The number of rotatable bonds is 4. The first kappa shape index (κ1) is 17.9. The van der Waals surface area contributed by atoms with Crippen molar-refractivity contribution in [1.29, 1.82) is 0 Å². The number of nitrogens with one attached hydrogen (secondary N) is 1. The average molecular weight is 341 g/mol. The van der Waals surface area contributed by atoms with Crippen molar-refractivity contribution in [2.45, 2.75) is 51.8 Å². The molecule has 1 amide bonds. The Morgan fingerprint density at radius 1 is 1.48 bits per heavy atom. The quantitative estimate of drug-likeness (QED) is 0.880. The Bertz CT molecular complexity index is 557. The lowest BCUT2D eigenvalue weighted by Crippen LogP contribution is -2.44. The van der Waals surface area contributed by atoms with Gasteiger partial charge in [-0.2, -0.15) is 0 Å². The number of hydrogen-bond donors (Lipinski definition) is 2. The van der Waals surface area contributed by atoms with E-state index in [-0.39, 0.29) is 17.9 Å². The normalized spacial score (nSPS) is 18.3. The van der Waals surface area contributed by atoms with Crippen molar-refractivity contribution >= 4 is 17.7 Å². The number of likely N-dealkylation sites (tertiary alicyclic amines) is 1. The standard InChI is InChI=1S/C17H25ClN2O3/c1-17(2,3)23-16(22)20-9-5-7-13(20)11-19-10-12-6-4-8-14(18)15(12)21/h4,6,8,13,19,21H,5,7,9-11H2,1-3H3. The Morgan fingerprint density at radius 2 is 2.22 bits per heavy atom. The molecule has 0 bridgehead atoms. The molecule has 23 heavy (non-hydrogen) atoms. The minimum atomic E-state index is -0.482. The number of benzene rings is 1. The van der Waals surface area contributed by atoms with Crippen molar-refractivity contribution in [1.82, 2.24) is 10.2 Å². The molecule has 1 unspecified atom stereocenters. The van der Waals surface area contributed by atoms with Crippen LogP contribution in [0.3, 0.4) is 0 Å². The predicted molar refractivity (Wildman–Crippen MR) is 90.8 cm³/mol. The van der Waals surface area contributed by atoms with Gasteiger partial charge in [0, 0.05) is 31.2 Å². The highest BCUT2D eigenvalue weighted by Crippen LogP contribution is 2.27. The van der Waals surface area contributed by atoms with Gasteiger partial charge in [0.05, 0.1) is 5.02 Å². The van der Waals surface area contributed by atoms with Crippen LogP contribution in [-0.4, -0.2) is 40.8 Å². The molecule has 0 spiro atoms. The van der Waals surface area contributed by atoms with Crippen molar-refractivity contribution in [2.75, 3.05) is 13.1 Å². The summed E-state index contributed by atoms with van der Waals surface area (Å²) >= 11 is 5.90. The Kier molecular flexibility index (Phi) is 5.76. The first-order chi connectivity index (χ1) is 10.8. The second-order valence-electron chi connectivity index (χ2n) is 6.85. The number of amides is 1. The maximum absolute atomic E-state index is 12.2. The zero-order valence-corrected chi connectivity index (χ0v) is 14.7. The third-order valence-corrected chi connectivity index (χ3v) is 4.08. The van der Waals surface area contributed by atoms with E-state index < -0.39 is 5.60 Å². The number of hydrogen-bond acceptors (Lipinski definition) is 4. The van der Waals surface area contributed by atoms with E-state index in [4.69, 9.17) is 16.3 Å². The largest absolute Gasteiger partial charge is 0.506 e. The summed E-state index contributed by atoms with van der Waals surface area (Å²) in [7, 11) is 0. The summed E-state index contributed by atoms with van der Waals surface area (Å²) in [5.41, 5.74) is 0.267. The average Bonchev–Trinajstić information content (AvgIpc) is 2.90. The van der Waals surface area contributed by atoms with Gasteiger partial charge in [0.15, 0.2) is 0 Å². The minimum Gasteiger partial charge on any atom is -0.506 e. The lowest BCUT2D eigenvalue weighted by molar-refractivity contribution is 0.0226. The van der Waals surface area contributed by atoms with Gasteiger partial charge in [0.1, 0.15) is 11.4 Å². The van der Waals surface area contributed by atoms with E-state index in [1.807, 2.05) is 32.9 Å². The van der Waals surface area contributed by atoms with Crippen LogP contribution in [0.25, 0.3) is 0 Å². The van der Waals surface area contributed by atoms with Crippen molar-refractivity contribution in [3.05, 3.63) is 28.8 Å². The topological polar surface area (TPSA) is 61.8 Å². The van der Waals surface area contributed by atoms with Gasteiger partial charge in [-0.3, -0.25) is 0 Å². The molecule has 1 heterocycles. The molecule has 1 saturated heterocycles. The number of phenolic OH excluding ortho intramolecular Hbond substituents is 1. The third-order valence-electron chi connectivity index (χ3n) is 3.77. The molecule has 1 fully saturated rings. The number of carbonyl (C=O) groups excluding carboxylic acids is 1. The summed E-state index contributed by atoms with van der Waals surface area (Å²) in [5.74, 6) is 0.108. The van der Waals surface area contributed by atoms with Gasteiger partial charge in [-0.1, -0.05) is 23.7 Å². The lowest BCUT2D eigenvalue weighted by Gasteiger charge is -2.28. The second kappa shape index (κ2) is 7.41. The Morgan fingerprint density at radius 3 is 2.91 bits per heavy atom. The molecule has 1 atom stereocenters. The molecule has 5 nitrogen and oxygen atoms in total. The van der Waals surface area contributed by atoms with Gasteiger partial charge < -0.3 is 20.1 Å². The van der Waals surface area contributed by atoms with E-state index >= 15 is 0 Å². The fourth-order valence-electron chi connectivity index (χ4n) is 2.68. The number of halogens is 1. The molecule has 1 aromatic carbocycles. The first-order valence-electron chi connectivity index (χ1n) is 7.94. The van der Waals surface area contributed by atoms with Gasteiger partial charge in [0.25, 0.3) is 0 Å². The van der Waals surface area contributed by atoms with Crippen LogP contribution in [0.1, 0.15) is 39.2 Å². The number of phenols is 1.